The SMILES string of the molecule is O=S(=O)(N=CN1CCOCC1)c1cccc2ccccc12. The van der Waals surface area contributed by atoms with Crippen LogP contribution in [0.3, 0.4) is 0 Å². The van der Waals surface area contributed by atoms with Crippen molar-refractivity contribution < 1.29 is 13.2 Å². The maximum atomic E-state index is 12.4. The number of hydrogen-bond donors (Lipinski definition) is 0. The van der Waals surface area contributed by atoms with Gasteiger partial charge in [-0.15, -0.1) is 4.40 Å². The van der Waals surface area contributed by atoms with Gasteiger partial charge in [-0.05, 0) is 11.5 Å². The van der Waals surface area contributed by atoms with E-state index in [0.29, 0.717) is 31.7 Å². The van der Waals surface area contributed by atoms with Gasteiger partial charge in [0.1, 0.15) is 6.34 Å². The molecular weight excluding hydrogens is 288 g/mol. The molecule has 5 nitrogen and oxygen atoms in total. The first-order chi connectivity index (χ1) is 10.2. The summed E-state index contributed by atoms with van der Waals surface area (Å²) < 4.78 is 33.9. The van der Waals surface area contributed by atoms with Gasteiger partial charge in [-0.2, -0.15) is 8.42 Å². The quantitative estimate of drug-likeness (QED) is 0.642. The molecule has 1 aliphatic heterocycles. The van der Waals surface area contributed by atoms with E-state index >= 15 is 0 Å². The topological polar surface area (TPSA) is 59.0 Å². The van der Waals surface area contributed by atoms with E-state index in [1.807, 2.05) is 29.2 Å². The predicted molar refractivity (Wildman–Crippen MR) is 82.0 cm³/mol. The lowest BCUT2D eigenvalue weighted by Gasteiger charge is -2.23. The van der Waals surface area contributed by atoms with E-state index < -0.39 is 10.0 Å². The summed E-state index contributed by atoms with van der Waals surface area (Å²) in [5.41, 5.74) is 0. The first-order valence-electron chi connectivity index (χ1n) is 6.77. The van der Waals surface area contributed by atoms with Crippen LogP contribution in [0.1, 0.15) is 0 Å². The van der Waals surface area contributed by atoms with Crippen molar-refractivity contribution in [3.63, 3.8) is 0 Å². The molecule has 0 N–H and O–H groups in total. The number of benzene rings is 2. The summed E-state index contributed by atoms with van der Waals surface area (Å²) in [6.45, 7) is 2.52. The fraction of sp³-hybridized carbons (Fsp3) is 0.267. The second kappa shape index (κ2) is 5.83. The van der Waals surface area contributed by atoms with Crippen LogP contribution in [0.15, 0.2) is 51.8 Å². The third-order valence-electron chi connectivity index (χ3n) is 3.42. The smallest absolute Gasteiger partial charge is 0.284 e. The first kappa shape index (κ1) is 14.0. The highest BCUT2D eigenvalue weighted by atomic mass is 32.2. The molecule has 3 rings (SSSR count). The van der Waals surface area contributed by atoms with Gasteiger partial charge in [0.15, 0.2) is 0 Å². The number of fused-ring (bicyclic) bond motifs is 1. The Balaban J connectivity index is 1.94. The van der Waals surface area contributed by atoms with Gasteiger partial charge in [0.05, 0.1) is 18.1 Å². The Bertz CT molecular complexity index is 760. The number of sulfonamides is 1. The van der Waals surface area contributed by atoms with E-state index in [9.17, 15) is 8.42 Å². The molecular formula is C15H16N2O3S. The van der Waals surface area contributed by atoms with Gasteiger partial charge in [0.25, 0.3) is 10.0 Å². The minimum atomic E-state index is -3.70. The van der Waals surface area contributed by atoms with Crippen LogP contribution in [0.5, 0.6) is 0 Å². The zero-order valence-electron chi connectivity index (χ0n) is 11.5. The van der Waals surface area contributed by atoms with Crippen molar-refractivity contribution >= 4 is 27.1 Å². The molecule has 1 aliphatic rings. The third kappa shape index (κ3) is 3.06. The Morgan fingerprint density at radius 2 is 1.76 bits per heavy atom. The lowest BCUT2D eigenvalue weighted by molar-refractivity contribution is 0.0701. The molecule has 0 radical (unpaired) electrons. The molecule has 2 aromatic carbocycles. The number of nitrogens with zero attached hydrogens (tertiary/aromatic N) is 2. The van der Waals surface area contributed by atoms with Gasteiger partial charge in [-0.25, -0.2) is 0 Å². The maximum Gasteiger partial charge on any atom is 0.284 e. The Labute approximate surface area is 123 Å². The van der Waals surface area contributed by atoms with Crippen molar-refractivity contribution in [3.05, 3.63) is 42.5 Å². The average Bonchev–Trinajstić information content (AvgIpc) is 2.53. The summed E-state index contributed by atoms with van der Waals surface area (Å²) in [7, 11) is -3.70. The maximum absolute atomic E-state index is 12.4. The van der Waals surface area contributed by atoms with Crippen LogP contribution < -0.4 is 0 Å². The first-order valence-corrected chi connectivity index (χ1v) is 8.21. The molecule has 0 aliphatic carbocycles. The van der Waals surface area contributed by atoms with E-state index in [0.717, 1.165) is 5.39 Å². The fourth-order valence-corrected chi connectivity index (χ4v) is 3.38. The van der Waals surface area contributed by atoms with Gasteiger partial charge in [-0.3, -0.25) is 0 Å². The number of ether oxygens (including phenoxy) is 1. The standard InChI is InChI=1S/C15H16N2O3S/c18-21(19,16-12-17-8-10-20-11-9-17)15-7-3-5-13-4-1-2-6-14(13)15/h1-7,12H,8-11H2. The summed E-state index contributed by atoms with van der Waals surface area (Å²) in [4.78, 5) is 2.09. The Hall–Kier alpha value is -1.92. The fourth-order valence-electron chi connectivity index (χ4n) is 2.30. The van der Waals surface area contributed by atoms with Crippen LogP contribution in [0, 0.1) is 0 Å². The molecule has 1 fully saturated rings. The molecule has 0 saturated carbocycles. The molecule has 0 amide bonds. The summed E-state index contributed by atoms with van der Waals surface area (Å²) in [6, 6.07) is 12.6. The van der Waals surface area contributed by atoms with E-state index in [1.165, 1.54) is 6.34 Å². The van der Waals surface area contributed by atoms with Crippen molar-refractivity contribution in [1.29, 1.82) is 0 Å². The number of rotatable bonds is 3. The van der Waals surface area contributed by atoms with Gasteiger partial charge in [-0.1, -0.05) is 36.4 Å². The van der Waals surface area contributed by atoms with Gasteiger partial charge < -0.3 is 9.64 Å². The van der Waals surface area contributed by atoms with Crippen LogP contribution >= 0.6 is 0 Å². The molecule has 2 aromatic rings. The van der Waals surface area contributed by atoms with Crippen LogP contribution in [-0.4, -0.2) is 46.0 Å². The van der Waals surface area contributed by atoms with Crippen molar-refractivity contribution in [3.8, 4) is 0 Å². The molecule has 0 aromatic heterocycles. The lowest BCUT2D eigenvalue weighted by atomic mass is 10.1. The minimum absolute atomic E-state index is 0.241. The van der Waals surface area contributed by atoms with Crippen LogP contribution in [-0.2, 0) is 14.8 Å². The highest BCUT2D eigenvalue weighted by Crippen LogP contribution is 2.24. The molecule has 110 valence electrons. The second-order valence-corrected chi connectivity index (χ2v) is 6.42. The molecule has 0 bridgehead atoms. The van der Waals surface area contributed by atoms with Crippen LogP contribution in [0.4, 0.5) is 0 Å². The van der Waals surface area contributed by atoms with Gasteiger partial charge in [0.2, 0.25) is 0 Å². The average molecular weight is 304 g/mol. The van der Waals surface area contributed by atoms with E-state index in [-0.39, 0.29) is 4.90 Å². The summed E-state index contributed by atoms with van der Waals surface area (Å²) >= 11 is 0. The van der Waals surface area contributed by atoms with E-state index in [4.69, 9.17) is 4.74 Å². The lowest BCUT2D eigenvalue weighted by Crippen LogP contribution is -2.35. The summed E-state index contributed by atoms with van der Waals surface area (Å²) in [5, 5.41) is 1.58. The second-order valence-electron chi connectivity index (χ2n) is 4.82. The highest BCUT2D eigenvalue weighted by molar-refractivity contribution is 7.90. The zero-order valence-corrected chi connectivity index (χ0v) is 12.3. The van der Waals surface area contributed by atoms with Crippen molar-refractivity contribution in [2.45, 2.75) is 4.90 Å². The third-order valence-corrected chi connectivity index (χ3v) is 4.71. The number of hydrogen-bond acceptors (Lipinski definition) is 3. The van der Waals surface area contributed by atoms with Crippen LogP contribution in [0.25, 0.3) is 10.8 Å². The monoisotopic (exact) mass is 304 g/mol. The Morgan fingerprint density at radius 3 is 2.57 bits per heavy atom. The molecule has 0 atom stereocenters. The molecule has 6 heteroatoms. The summed E-state index contributed by atoms with van der Waals surface area (Å²) in [5.74, 6) is 0. The normalized spacial score (nSPS) is 16.7. The minimum Gasteiger partial charge on any atom is -0.378 e. The molecule has 21 heavy (non-hydrogen) atoms. The number of morpholine rings is 1. The van der Waals surface area contributed by atoms with Crippen LogP contribution in [0.2, 0.25) is 0 Å². The predicted octanol–water partition coefficient (Wildman–Crippen LogP) is 1.89. The Morgan fingerprint density at radius 1 is 1.05 bits per heavy atom. The summed E-state index contributed by atoms with van der Waals surface area (Å²) in [6.07, 6.45) is 1.40. The van der Waals surface area contributed by atoms with Crippen molar-refractivity contribution in [2.75, 3.05) is 26.3 Å². The van der Waals surface area contributed by atoms with Gasteiger partial charge >= 0.3 is 0 Å². The zero-order chi connectivity index (χ0) is 14.7. The molecule has 0 spiro atoms. The van der Waals surface area contributed by atoms with Crippen molar-refractivity contribution in [1.82, 2.24) is 4.90 Å². The largest absolute Gasteiger partial charge is 0.378 e. The Kier molecular flexibility index (Phi) is 3.90. The highest BCUT2D eigenvalue weighted by Gasteiger charge is 2.16. The molecule has 1 heterocycles. The van der Waals surface area contributed by atoms with Gasteiger partial charge in [0, 0.05) is 18.5 Å². The molecule has 0 unspecified atom stereocenters. The van der Waals surface area contributed by atoms with E-state index in [1.54, 1.807) is 18.2 Å². The molecule has 1 saturated heterocycles. The van der Waals surface area contributed by atoms with Crippen molar-refractivity contribution in [2.24, 2.45) is 4.40 Å². The van der Waals surface area contributed by atoms with E-state index in [2.05, 4.69) is 4.40 Å².